The highest BCUT2D eigenvalue weighted by Gasteiger charge is 2.38. The van der Waals surface area contributed by atoms with Crippen LogP contribution in [0.2, 0.25) is 0 Å². The minimum Gasteiger partial charge on any atom is -0.361 e. The molecule has 2 nitrogen and oxygen atoms in total. The van der Waals surface area contributed by atoms with Crippen molar-refractivity contribution < 1.29 is 9.53 Å². The molecule has 31 heavy (non-hydrogen) atoms. The molecule has 0 spiro atoms. The second-order valence-electron chi connectivity index (χ2n) is 8.92. The molecule has 1 aliphatic carbocycles. The van der Waals surface area contributed by atoms with Crippen molar-refractivity contribution in [2.24, 2.45) is 5.41 Å². The molecule has 1 atom stereocenters. The Bertz CT molecular complexity index is 869. The first-order valence-electron chi connectivity index (χ1n) is 11.5. The second kappa shape index (κ2) is 9.62. The molecular weight excluding hydrogens is 380 g/mol. The van der Waals surface area contributed by atoms with Crippen LogP contribution in [-0.2, 0) is 15.1 Å². The molecule has 160 valence electrons. The number of carbonyl (C=O) groups excluding carboxylic acids is 1. The summed E-state index contributed by atoms with van der Waals surface area (Å²) in [5.41, 5.74) is 2.49. The van der Waals surface area contributed by atoms with E-state index in [1.807, 2.05) is 18.2 Å². The molecule has 0 aromatic heterocycles. The van der Waals surface area contributed by atoms with E-state index in [2.05, 4.69) is 79.7 Å². The van der Waals surface area contributed by atoms with E-state index in [9.17, 15) is 4.79 Å². The summed E-state index contributed by atoms with van der Waals surface area (Å²) in [6.45, 7) is 2.74. The molecule has 1 fully saturated rings. The molecule has 0 aliphatic heterocycles. The normalized spacial score (nSPS) is 19.3. The van der Waals surface area contributed by atoms with Crippen molar-refractivity contribution in [3.63, 3.8) is 0 Å². The maximum atomic E-state index is 12.5. The molecule has 0 radical (unpaired) electrons. The van der Waals surface area contributed by atoms with Crippen molar-refractivity contribution in [1.29, 1.82) is 0 Å². The van der Waals surface area contributed by atoms with Crippen LogP contribution in [0.25, 0.3) is 0 Å². The number of ketones is 1. The highest BCUT2D eigenvalue weighted by Crippen LogP contribution is 2.41. The zero-order chi connectivity index (χ0) is 21.6. The molecular formula is C29H32O2. The summed E-state index contributed by atoms with van der Waals surface area (Å²) < 4.78 is 6.85. The summed E-state index contributed by atoms with van der Waals surface area (Å²) in [5, 5.41) is 0. The Hall–Kier alpha value is -2.71. The van der Waals surface area contributed by atoms with E-state index in [0.29, 0.717) is 12.4 Å². The maximum absolute atomic E-state index is 12.5. The largest absolute Gasteiger partial charge is 0.361 e. The van der Waals surface area contributed by atoms with E-state index in [-0.39, 0.29) is 5.41 Å². The lowest BCUT2D eigenvalue weighted by molar-refractivity contribution is -0.131. The van der Waals surface area contributed by atoms with Crippen molar-refractivity contribution >= 4 is 5.78 Å². The third-order valence-electron chi connectivity index (χ3n) is 6.79. The minimum absolute atomic E-state index is 0.184. The molecule has 0 amide bonds. The monoisotopic (exact) mass is 412 g/mol. The standard InChI is InChI=1S/C29H32O2/c1-28(21-12-11-20-27(28)30)22-13-23-31-29(24-14-5-2-6-15-24,25-16-7-3-8-17-25)26-18-9-4-10-19-26/h2-10,14-19H,11-13,20-23H2,1H3/t28-/m0/s1. The fourth-order valence-electron chi connectivity index (χ4n) is 4.96. The molecule has 3 aromatic rings. The van der Waals surface area contributed by atoms with Gasteiger partial charge >= 0.3 is 0 Å². The smallest absolute Gasteiger partial charge is 0.143 e. The number of ether oxygens (including phenoxy) is 1. The van der Waals surface area contributed by atoms with Gasteiger partial charge in [0.05, 0.1) is 0 Å². The van der Waals surface area contributed by atoms with Gasteiger partial charge in [0.1, 0.15) is 11.4 Å². The Morgan fingerprint density at radius 2 is 1.26 bits per heavy atom. The van der Waals surface area contributed by atoms with Gasteiger partial charge in [0.15, 0.2) is 0 Å². The quantitative estimate of drug-likeness (QED) is 0.296. The molecule has 0 heterocycles. The fraction of sp³-hybridized carbons (Fsp3) is 0.345. The third-order valence-corrected chi connectivity index (χ3v) is 6.79. The topological polar surface area (TPSA) is 26.3 Å². The predicted octanol–water partition coefficient (Wildman–Crippen LogP) is 6.92. The van der Waals surface area contributed by atoms with Gasteiger partial charge in [-0.25, -0.2) is 0 Å². The predicted molar refractivity (Wildman–Crippen MR) is 126 cm³/mol. The van der Waals surface area contributed by atoms with Gasteiger partial charge in [0.2, 0.25) is 0 Å². The van der Waals surface area contributed by atoms with Gasteiger partial charge in [-0.15, -0.1) is 0 Å². The first-order valence-corrected chi connectivity index (χ1v) is 11.5. The Labute approximate surface area is 186 Å². The van der Waals surface area contributed by atoms with Gasteiger partial charge in [0, 0.05) is 18.4 Å². The number of benzene rings is 3. The Balaban J connectivity index is 1.65. The molecule has 0 bridgehead atoms. The van der Waals surface area contributed by atoms with E-state index in [0.717, 1.165) is 55.2 Å². The van der Waals surface area contributed by atoms with E-state index in [1.54, 1.807) is 0 Å². The van der Waals surface area contributed by atoms with Crippen molar-refractivity contribution in [3.8, 4) is 0 Å². The number of rotatable bonds is 8. The summed E-state index contributed by atoms with van der Waals surface area (Å²) in [6, 6.07) is 31.4. The molecule has 0 N–H and O–H groups in total. The molecule has 4 rings (SSSR count). The first kappa shape index (κ1) is 21.5. The van der Waals surface area contributed by atoms with Gasteiger partial charge in [-0.05, 0) is 42.4 Å². The zero-order valence-electron chi connectivity index (χ0n) is 18.4. The SMILES string of the molecule is C[C@@]1(CCCOC(c2ccccc2)(c2ccccc2)c2ccccc2)CCCCC1=O. The molecule has 0 saturated heterocycles. The zero-order valence-corrected chi connectivity index (χ0v) is 18.4. The molecule has 1 saturated carbocycles. The van der Waals surface area contributed by atoms with Gasteiger partial charge in [0.25, 0.3) is 0 Å². The van der Waals surface area contributed by atoms with Crippen molar-refractivity contribution in [3.05, 3.63) is 108 Å². The van der Waals surface area contributed by atoms with Crippen molar-refractivity contribution in [1.82, 2.24) is 0 Å². The van der Waals surface area contributed by atoms with Gasteiger partial charge < -0.3 is 4.74 Å². The Morgan fingerprint density at radius 3 is 1.71 bits per heavy atom. The Kier molecular flexibility index (Phi) is 6.67. The molecule has 2 heteroatoms. The van der Waals surface area contributed by atoms with E-state index in [4.69, 9.17) is 4.74 Å². The van der Waals surface area contributed by atoms with Crippen LogP contribution < -0.4 is 0 Å². The fourth-order valence-corrected chi connectivity index (χ4v) is 4.96. The molecule has 0 unspecified atom stereocenters. The highest BCUT2D eigenvalue weighted by molar-refractivity contribution is 5.85. The first-order chi connectivity index (χ1) is 15.2. The lowest BCUT2D eigenvalue weighted by Gasteiger charge is -2.37. The van der Waals surface area contributed by atoms with E-state index < -0.39 is 5.60 Å². The summed E-state index contributed by atoms with van der Waals surface area (Å²) in [4.78, 5) is 12.5. The van der Waals surface area contributed by atoms with Gasteiger partial charge in [-0.2, -0.15) is 0 Å². The van der Waals surface area contributed by atoms with Crippen LogP contribution in [0, 0.1) is 5.41 Å². The number of hydrogen-bond donors (Lipinski definition) is 0. The minimum atomic E-state index is -0.679. The lowest BCUT2D eigenvalue weighted by Crippen LogP contribution is -2.34. The maximum Gasteiger partial charge on any atom is 0.143 e. The van der Waals surface area contributed by atoms with Gasteiger partial charge in [-0.1, -0.05) is 104 Å². The summed E-state index contributed by atoms with van der Waals surface area (Å²) in [7, 11) is 0. The van der Waals surface area contributed by atoms with Crippen LogP contribution in [0.15, 0.2) is 91.0 Å². The lowest BCUT2D eigenvalue weighted by atomic mass is 9.72. The summed E-state index contributed by atoms with van der Waals surface area (Å²) >= 11 is 0. The second-order valence-corrected chi connectivity index (χ2v) is 8.92. The summed E-state index contributed by atoms with van der Waals surface area (Å²) in [6.07, 6.45) is 5.71. The van der Waals surface area contributed by atoms with Crippen LogP contribution in [0.4, 0.5) is 0 Å². The average molecular weight is 413 g/mol. The van der Waals surface area contributed by atoms with Crippen LogP contribution in [0.5, 0.6) is 0 Å². The van der Waals surface area contributed by atoms with Crippen molar-refractivity contribution in [2.45, 2.75) is 51.0 Å². The van der Waals surface area contributed by atoms with Crippen LogP contribution in [0.1, 0.15) is 62.1 Å². The molecule has 3 aromatic carbocycles. The number of Topliss-reactive ketones (excluding diaryl/α,β-unsaturated/α-hetero) is 1. The van der Waals surface area contributed by atoms with E-state index in [1.165, 1.54) is 0 Å². The number of carbonyl (C=O) groups is 1. The van der Waals surface area contributed by atoms with Crippen LogP contribution in [-0.4, -0.2) is 12.4 Å². The van der Waals surface area contributed by atoms with E-state index >= 15 is 0 Å². The highest BCUT2D eigenvalue weighted by atomic mass is 16.5. The van der Waals surface area contributed by atoms with Crippen molar-refractivity contribution in [2.75, 3.05) is 6.61 Å². The van der Waals surface area contributed by atoms with Crippen LogP contribution >= 0.6 is 0 Å². The third kappa shape index (κ3) is 4.50. The number of hydrogen-bond acceptors (Lipinski definition) is 2. The van der Waals surface area contributed by atoms with Crippen LogP contribution in [0.3, 0.4) is 0 Å². The average Bonchev–Trinajstić information content (AvgIpc) is 2.83. The Morgan fingerprint density at radius 1 is 0.774 bits per heavy atom. The molecule has 1 aliphatic rings. The van der Waals surface area contributed by atoms with Gasteiger partial charge in [-0.3, -0.25) is 4.79 Å². The summed E-state index contributed by atoms with van der Waals surface area (Å²) in [5.74, 6) is 0.430.